The largest absolute Gasteiger partial charge is 0.330 e. The van der Waals surface area contributed by atoms with Crippen LogP contribution < -0.4 is 5.73 Å². The second-order valence-corrected chi connectivity index (χ2v) is 5.35. The van der Waals surface area contributed by atoms with Gasteiger partial charge in [-0.2, -0.15) is 0 Å². The normalized spacial score (nSPS) is 11.2. The molecule has 0 saturated carbocycles. The zero-order valence-electron chi connectivity index (χ0n) is 11.4. The number of hydrogen-bond acceptors (Lipinski definition) is 2. The molecule has 5 heteroatoms. The van der Waals surface area contributed by atoms with Gasteiger partial charge in [0.1, 0.15) is 11.5 Å². The van der Waals surface area contributed by atoms with Crippen LogP contribution in [0.2, 0.25) is 5.02 Å². The van der Waals surface area contributed by atoms with Crippen molar-refractivity contribution >= 4 is 22.6 Å². The first-order chi connectivity index (χ1) is 10.2. The van der Waals surface area contributed by atoms with Gasteiger partial charge in [-0.05, 0) is 48.4 Å². The van der Waals surface area contributed by atoms with E-state index >= 15 is 0 Å². The van der Waals surface area contributed by atoms with E-state index in [9.17, 15) is 4.39 Å². The molecule has 0 radical (unpaired) electrons. The SMILES string of the molecule is NCCc1cn(Cc2ccc(Cl)c(F)c2)c2ncccc12. The second kappa shape index (κ2) is 5.84. The summed E-state index contributed by atoms with van der Waals surface area (Å²) in [6.45, 7) is 1.13. The molecule has 0 aliphatic carbocycles. The molecule has 0 spiro atoms. The minimum absolute atomic E-state index is 0.137. The minimum atomic E-state index is -0.402. The van der Waals surface area contributed by atoms with E-state index in [-0.39, 0.29) is 5.02 Å². The van der Waals surface area contributed by atoms with Gasteiger partial charge in [0.15, 0.2) is 0 Å². The first-order valence-electron chi connectivity index (χ1n) is 6.76. The number of aromatic nitrogens is 2. The molecular weight excluding hydrogens is 289 g/mol. The van der Waals surface area contributed by atoms with Gasteiger partial charge in [0.2, 0.25) is 0 Å². The summed E-state index contributed by atoms with van der Waals surface area (Å²) in [4.78, 5) is 4.42. The van der Waals surface area contributed by atoms with Crippen molar-refractivity contribution in [1.82, 2.24) is 9.55 Å². The molecule has 21 heavy (non-hydrogen) atoms. The molecule has 3 nitrogen and oxygen atoms in total. The van der Waals surface area contributed by atoms with Crippen LogP contribution in [0.3, 0.4) is 0 Å². The number of halogens is 2. The maximum absolute atomic E-state index is 13.5. The van der Waals surface area contributed by atoms with Gasteiger partial charge < -0.3 is 10.3 Å². The standard InChI is InChI=1S/C16H15ClFN3/c17-14-4-3-11(8-15(14)18)9-21-10-12(5-6-19)13-2-1-7-20-16(13)21/h1-4,7-8,10H,5-6,9,19H2. The molecule has 2 heterocycles. The Morgan fingerprint density at radius 2 is 2.14 bits per heavy atom. The van der Waals surface area contributed by atoms with Crippen LogP contribution in [0, 0.1) is 5.82 Å². The van der Waals surface area contributed by atoms with Crippen LogP contribution in [0.5, 0.6) is 0 Å². The summed E-state index contributed by atoms with van der Waals surface area (Å²) in [6, 6.07) is 8.80. The number of nitrogens with zero attached hydrogens (tertiary/aromatic N) is 2. The Hall–Kier alpha value is -1.91. The van der Waals surface area contributed by atoms with Gasteiger partial charge in [0.25, 0.3) is 0 Å². The van der Waals surface area contributed by atoms with Crippen molar-refractivity contribution in [2.45, 2.75) is 13.0 Å². The van der Waals surface area contributed by atoms with E-state index in [1.54, 1.807) is 12.3 Å². The summed E-state index contributed by atoms with van der Waals surface area (Å²) < 4.78 is 15.6. The van der Waals surface area contributed by atoms with Gasteiger partial charge >= 0.3 is 0 Å². The lowest BCUT2D eigenvalue weighted by molar-refractivity contribution is 0.624. The number of fused-ring (bicyclic) bond motifs is 1. The molecule has 0 atom stereocenters. The maximum atomic E-state index is 13.5. The number of rotatable bonds is 4. The number of hydrogen-bond donors (Lipinski definition) is 1. The van der Waals surface area contributed by atoms with Gasteiger partial charge in [-0.3, -0.25) is 0 Å². The zero-order chi connectivity index (χ0) is 14.8. The number of nitrogens with two attached hydrogens (primary N) is 1. The molecule has 0 saturated heterocycles. The van der Waals surface area contributed by atoms with Crippen molar-refractivity contribution in [2.24, 2.45) is 5.73 Å². The molecule has 0 aliphatic heterocycles. The summed E-state index contributed by atoms with van der Waals surface area (Å²) >= 11 is 5.72. The van der Waals surface area contributed by atoms with Crippen molar-refractivity contribution < 1.29 is 4.39 Å². The fourth-order valence-corrected chi connectivity index (χ4v) is 2.62. The van der Waals surface area contributed by atoms with E-state index in [0.29, 0.717) is 13.1 Å². The van der Waals surface area contributed by atoms with E-state index < -0.39 is 5.82 Å². The first kappa shape index (κ1) is 14.0. The Labute approximate surface area is 127 Å². The van der Waals surface area contributed by atoms with Crippen molar-refractivity contribution in [2.75, 3.05) is 6.54 Å². The molecule has 108 valence electrons. The highest BCUT2D eigenvalue weighted by Gasteiger charge is 2.10. The van der Waals surface area contributed by atoms with E-state index in [1.165, 1.54) is 6.07 Å². The molecule has 2 N–H and O–H groups in total. The quantitative estimate of drug-likeness (QED) is 0.803. The van der Waals surface area contributed by atoms with E-state index in [2.05, 4.69) is 4.98 Å². The Bertz CT molecular complexity index is 782. The lowest BCUT2D eigenvalue weighted by Crippen LogP contribution is -2.02. The zero-order valence-corrected chi connectivity index (χ0v) is 12.1. The predicted octanol–water partition coefficient (Wildman–Crippen LogP) is 3.38. The molecule has 1 aromatic carbocycles. The van der Waals surface area contributed by atoms with Crippen molar-refractivity contribution in [3.63, 3.8) is 0 Å². The second-order valence-electron chi connectivity index (χ2n) is 4.94. The van der Waals surface area contributed by atoms with Crippen LogP contribution in [0.4, 0.5) is 4.39 Å². The van der Waals surface area contributed by atoms with Crippen LogP contribution in [0.25, 0.3) is 11.0 Å². The topological polar surface area (TPSA) is 43.8 Å². The van der Waals surface area contributed by atoms with Crippen molar-refractivity contribution in [3.8, 4) is 0 Å². The minimum Gasteiger partial charge on any atom is -0.330 e. The highest BCUT2D eigenvalue weighted by molar-refractivity contribution is 6.30. The van der Waals surface area contributed by atoms with Crippen molar-refractivity contribution in [1.29, 1.82) is 0 Å². The average molecular weight is 304 g/mol. The summed E-state index contributed by atoms with van der Waals surface area (Å²) in [7, 11) is 0. The molecule has 3 aromatic rings. The summed E-state index contributed by atoms with van der Waals surface area (Å²) in [5, 5.41) is 1.23. The van der Waals surface area contributed by atoms with Crippen LogP contribution in [0.15, 0.2) is 42.7 Å². The highest BCUT2D eigenvalue weighted by atomic mass is 35.5. The third-order valence-corrected chi connectivity index (χ3v) is 3.77. The fraction of sp³-hybridized carbons (Fsp3) is 0.188. The van der Waals surface area contributed by atoms with Gasteiger partial charge in [-0.15, -0.1) is 0 Å². The monoisotopic (exact) mass is 303 g/mol. The van der Waals surface area contributed by atoms with E-state index in [1.807, 2.05) is 29.0 Å². The van der Waals surface area contributed by atoms with Crippen LogP contribution in [-0.4, -0.2) is 16.1 Å². The first-order valence-corrected chi connectivity index (χ1v) is 7.13. The molecule has 2 aromatic heterocycles. The molecule has 0 aliphatic rings. The van der Waals surface area contributed by atoms with Crippen molar-refractivity contribution in [3.05, 3.63) is 64.7 Å². The predicted molar refractivity (Wildman–Crippen MR) is 83.0 cm³/mol. The lowest BCUT2D eigenvalue weighted by atomic mass is 10.2. The Morgan fingerprint density at radius 1 is 1.29 bits per heavy atom. The smallest absolute Gasteiger partial charge is 0.142 e. The van der Waals surface area contributed by atoms with Crippen LogP contribution in [-0.2, 0) is 13.0 Å². The van der Waals surface area contributed by atoms with Gasteiger partial charge in [-0.25, -0.2) is 9.37 Å². The molecule has 0 amide bonds. The Morgan fingerprint density at radius 3 is 2.90 bits per heavy atom. The van der Waals surface area contributed by atoms with Crippen LogP contribution in [0.1, 0.15) is 11.1 Å². The molecule has 0 bridgehead atoms. The molecule has 0 fully saturated rings. The lowest BCUT2D eigenvalue weighted by Gasteiger charge is -2.05. The van der Waals surface area contributed by atoms with Crippen LogP contribution >= 0.6 is 11.6 Å². The van der Waals surface area contributed by atoms with Gasteiger partial charge in [0, 0.05) is 24.3 Å². The van der Waals surface area contributed by atoms with E-state index in [4.69, 9.17) is 17.3 Å². The summed E-state index contributed by atoms with van der Waals surface area (Å²) in [5.74, 6) is -0.402. The molecule has 3 rings (SSSR count). The Kier molecular flexibility index (Phi) is 3.90. The number of benzene rings is 1. The molecular formula is C16H15ClFN3. The average Bonchev–Trinajstić information content (AvgIpc) is 2.82. The fourth-order valence-electron chi connectivity index (χ4n) is 2.51. The molecule has 0 unspecified atom stereocenters. The third kappa shape index (κ3) is 2.77. The van der Waals surface area contributed by atoms with Gasteiger partial charge in [-0.1, -0.05) is 17.7 Å². The number of pyridine rings is 1. The van der Waals surface area contributed by atoms with E-state index in [0.717, 1.165) is 28.6 Å². The van der Waals surface area contributed by atoms with Gasteiger partial charge in [0.05, 0.1) is 5.02 Å². The summed E-state index contributed by atoms with van der Waals surface area (Å²) in [6.07, 6.45) is 4.59. The Balaban J connectivity index is 2.01. The highest BCUT2D eigenvalue weighted by Crippen LogP contribution is 2.22. The summed E-state index contributed by atoms with van der Waals surface area (Å²) in [5.41, 5.74) is 8.55. The third-order valence-electron chi connectivity index (χ3n) is 3.47. The maximum Gasteiger partial charge on any atom is 0.142 e.